The van der Waals surface area contributed by atoms with Crippen molar-refractivity contribution in [1.29, 1.82) is 0 Å². The second kappa shape index (κ2) is 7.45. The Morgan fingerprint density at radius 1 is 1.19 bits per heavy atom. The Morgan fingerprint density at radius 3 is 2.62 bits per heavy atom. The van der Waals surface area contributed by atoms with E-state index in [4.69, 9.17) is 0 Å². The lowest BCUT2D eigenvalue weighted by Crippen LogP contribution is -2.36. The van der Waals surface area contributed by atoms with Crippen LogP contribution in [0.2, 0.25) is 0 Å². The van der Waals surface area contributed by atoms with Crippen molar-refractivity contribution in [3.63, 3.8) is 0 Å². The minimum absolute atomic E-state index is 0.0652. The summed E-state index contributed by atoms with van der Waals surface area (Å²) in [6.45, 7) is 1.58. The summed E-state index contributed by atoms with van der Waals surface area (Å²) in [7, 11) is 0. The van der Waals surface area contributed by atoms with Gasteiger partial charge in [0.05, 0.1) is 4.91 Å². The lowest BCUT2D eigenvalue weighted by atomic mass is 10.2. The number of benzene rings is 2. The molecule has 2 aromatic rings. The first kappa shape index (κ1) is 17.8. The van der Waals surface area contributed by atoms with Gasteiger partial charge in [0.15, 0.2) is 0 Å². The van der Waals surface area contributed by atoms with Gasteiger partial charge < -0.3 is 10.4 Å². The fourth-order valence-electron chi connectivity index (χ4n) is 2.38. The zero-order valence-electron chi connectivity index (χ0n) is 13.9. The van der Waals surface area contributed by atoms with Crippen LogP contribution < -0.4 is 5.32 Å². The van der Waals surface area contributed by atoms with Crippen molar-refractivity contribution in [3.8, 4) is 5.75 Å². The number of thioether (sulfide) groups is 1. The molecule has 1 aliphatic heterocycles. The van der Waals surface area contributed by atoms with Crippen LogP contribution in [0.15, 0.2) is 53.4 Å². The van der Waals surface area contributed by atoms with Crippen LogP contribution in [0, 0.1) is 6.92 Å². The minimum atomic E-state index is -0.526. The second-order valence-electron chi connectivity index (χ2n) is 5.78. The summed E-state index contributed by atoms with van der Waals surface area (Å²) >= 11 is 0.770. The van der Waals surface area contributed by atoms with Crippen molar-refractivity contribution in [2.45, 2.75) is 6.92 Å². The van der Waals surface area contributed by atoms with E-state index in [-0.39, 0.29) is 17.2 Å². The van der Waals surface area contributed by atoms with Crippen molar-refractivity contribution in [3.05, 3.63) is 64.6 Å². The Balaban J connectivity index is 1.69. The van der Waals surface area contributed by atoms with Crippen molar-refractivity contribution in [2.24, 2.45) is 0 Å². The van der Waals surface area contributed by atoms with E-state index in [1.165, 1.54) is 18.2 Å². The Labute approximate surface area is 154 Å². The fourth-order valence-corrected chi connectivity index (χ4v) is 3.22. The van der Waals surface area contributed by atoms with E-state index in [1.54, 1.807) is 24.3 Å². The molecular weight excluding hydrogens is 352 g/mol. The van der Waals surface area contributed by atoms with Crippen LogP contribution in [0.5, 0.6) is 5.75 Å². The molecule has 1 saturated heterocycles. The number of nitrogens with zero attached hydrogens (tertiary/aromatic N) is 1. The molecule has 26 heavy (non-hydrogen) atoms. The van der Waals surface area contributed by atoms with Crippen molar-refractivity contribution < 1.29 is 19.5 Å². The van der Waals surface area contributed by atoms with Crippen LogP contribution in [0.1, 0.15) is 11.1 Å². The predicted molar refractivity (Wildman–Crippen MR) is 101 cm³/mol. The molecule has 0 aromatic heterocycles. The van der Waals surface area contributed by atoms with Gasteiger partial charge in [-0.1, -0.05) is 29.8 Å². The first-order chi connectivity index (χ1) is 12.4. The lowest BCUT2D eigenvalue weighted by Gasteiger charge is -2.12. The molecule has 3 amide bonds. The van der Waals surface area contributed by atoms with Gasteiger partial charge in [-0.05, 0) is 54.6 Å². The number of rotatable bonds is 4. The third kappa shape index (κ3) is 4.12. The molecule has 0 spiro atoms. The molecule has 0 atom stereocenters. The molecule has 1 heterocycles. The van der Waals surface area contributed by atoms with Gasteiger partial charge in [-0.2, -0.15) is 0 Å². The predicted octanol–water partition coefficient (Wildman–Crippen LogP) is 3.38. The maximum atomic E-state index is 12.4. The van der Waals surface area contributed by atoms with Gasteiger partial charge in [0, 0.05) is 5.69 Å². The number of anilines is 1. The molecular formula is C19H16N2O4S. The van der Waals surface area contributed by atoms with E-state index in [0.29, 0.717) is 11.3 Å². The highest BCUT2D eigenvalue weighted by atomic mass is 32.2. The van der Waals surface area contributed by atoms with Gasteiger partial charge >= 0.3 is 0 Å². The van der Waals surface area contributed by atoms with Crippen LogP contribution in [0.4, 0.5) is 10.5 Å². The second-order valence-corrected chi connectivity index (χ2v) is 6.77. The standard InChI is InChI=1S/C19H16N2O4S/c1-12-5-7-14(8-6-12)20-17(23)11-21-18(24)16(26-19(21)25)10-13-3-2-4-15(22)9-13/h2-10,22H,11H2,1H3,(H,20,23)/b16-10+. The number of carbonyl (C=O) groups excluding carboxylic acids is 3. The summed E-state index contributed by atoms with van der Waals surface area (Å²) in [5.74, 6) is -0.910. The third-order valence-electron chi connectivity index (χ3n) is 3.68. The lowest BCUT2D eigenvalue weighted by molar-refractivity contribution is -0.127. The summed E-state index contributed by atoms with van der Waals surface area (Å²) in [6, 6.07) is 13.6. The molecule has 132 valence electrons. The molecule has 1 aliphatic rings. The Bertz CT molecular complexity index is 906. The van der Waals surface area contributed by atoms with E-state index in [2.05, 4.69) is 5.32 Å². The van der Waals surface area contributed by atoms with Gasteiger partial charge in [-0.3, -0.25) is 19.3 Å². The van der Waals surface area contributed by atoms with Crippen molar-refractivity contribution >= 4 is 40.6 Å². The summed E-state index contributed by atoms with van der Waals surface area (Å²) in [5.41, 5.74) is 2.26. The number of carbonyl (C=O) groups is 3. The molecule has 2 aromatic carbocycles. The van der Waals surface area contributed by atoms with Crippen LogP contribution in [-0.4, -0.2) is 33.6 Å². The van der Waals surface area contributed by atoms with Crippen LogP contribution in [0.3, 0.4) is 0 Å². The van der Waals surface area contributed by atoms with Crippen molar-refractivity contribution in [1.82, 2.24) is 4.90 Å². The summed E-state index contributed by atoms with van der Waals surface area (Å²) in [4.78, 5) is 37.7. The van der Waals surface area contributed by atoms with Gasteiger partial charge in [-0.25, -0.2) is 0 Å². The smallest absolute Gasteiger partial charge is 0.294 e. The highest BCUT2D eigenvalue weighted by Gasteiger charge is 2.36. The zero-order chi connectivity index (χ0) is 18.7. The number of imide groups is 1. The van der Waals surface area contributed by atoms with Crippen LogP contribution in [-0.2, 0) is 9.59 Å². The monoisotopic (exact) mass is 368 g/mol. The van der Waals surface area contributed by atoms with Crippen LogP contribution in [0.25, 0.3) is 6.08 Å². The minimum Gasteiger partial charge on any atom is -0.508 e. The fraction of sp³-hybridized carbons (Fsp3) is 0.105. The van der Waals surface area contributed by atoms with Gasteiger partial charge in [0.1, 0.15) is 12.3 Å². The maximum absolute atomic E-state index is 12.4. The van der Waals surface area contributed by atoms with Gasteiger partial charge in [0.2, 0.25) is 5.91 Å². The van der Waals surface area contributed by atoms with Crippen LogP contribution >= 0.6 is 11.8 Å². The molecule has 6 nitrogen and oxygen atoms in total. The first-order valence-electron chi connectivity index (χ1n) is 7.83. The summed E-state index contributed by atoms with van der Waals surface area (Å²) < 4.78 is 0. The molecule has 3 rings (SSSR count). The molecule has 7 heteroatoms. The number of hydrogen-bond acceptors (Lipinski definition) is 5. The Kier molecular flexibility index (Phi) is 5.09. The van der Waals surface area contributed by atoms with E-state index < -0.39 is 17.1 Å². The van der Waals surface area contributed by atoms with E-state index in [1.807, 2.05) is 19.1 Å². The molecule has 2 N–H and O–H groups in total. The molecule has 0 radical (unpaired) electrons. The number of aryl methyl sites for hydroxylation is 1. The number of amides is 3. The van der Waals surface area contributed by atoms with E-state index in [0.717, 1.165) is 22.2 Å². The number of nitrogens with one attached hydrogen (secondary N) is 1. The number of phenolic OH excluding ortho intramolecular Hbond substituents is 1. The Hall–Kier alpha value is -3.06. The molecule has 0 aliphatic carbocycles. The number of aromatic hydroxyl groups is 1. The molecule has 0 unspecified atom stereocenters. The molecule has 0 bridgehead atoms. The third-order valence-corrected chi connectivity index (χ3v) is 4.59. The SMILES string of the molecule is Cc1ccc(NC(=O)CN2C(=O)S/C(=C/c3cccc(O)c3)C2=O)cc1. The quantitative estimate of drug-likeness (QED) is 0.808. The number of hydrogen-bond donors (Lipinski definition) is 2. The van der Waals surface area contributed by atoms with Gasteiger partial charge in [0.25, 0.3) is 11.1 Å². The van der Waals surface area contributed by atoms with E-state index in [9.17, 15) is 19.5 Å². The average Bonchev–Trinajstić information content (AvgIpc) is 2.84. The largest absolute Gasteiger partial charge is 0.508 e. The zero-order valence-corrected chi connectivity index (χ0v) is 14.7. The summed E-state index contributed by atoms with van der Waals surface area (Å²) in [6.07, 6.45) is 1.52. The normalized spacial score (nSPS) is 15.6. The Morgan fingerprint density at radius 2 is 1.92 bits per heavy atom. The van der Waals surface area contributed by atoms with E-state index >= 15 is 0 Å². The summed E-state index contributed by atoms with van der Waals surface area (Å²) in [5, 5.41) is 11.6. The maximum Gasteiger partial charge on any atom is 0.294 e. The molecule has 0 saturated carbocycles. The van der Waals surface area contributed by atoms with Crippen molar-refractivity contribution in [2.75, 3.05) is 11.9 Å². The average molecular weight is 368 g/mol. The highest BCUT2D eigenvalue weighted by molar-refractivity contribution is 8.18. The first-order valence-corrected chi connectivity index (χ1v) is 8.65. The number of phenols is 1. The highest BCUT2D eigenvalue weighted by Crippen LogP contribution is 2.32. The van der Waals surface area contributed by atoms with Gasteiger partial charge in [-0.15, -0.1) is 0 Å². The topological polar surface area (TPSA) is 86.7 Å². The molecule has 1 fully saturated rings.